The summed E-state index contributed by atoms with van der Waals surface area (Å²) in [6.45, 7) is 0. The highest BCUT2D eigenvalue weighted by molar-refractivity contribution is 5.72. The molecule has 0 radical (unpaired) electrons. The Morgan fingerprint density at radius 1 is 1.23 bits per heavy atom. The largest absolute Gasteiger partial charge is 0.275 e. The Labute approximate surface area is 76.8 Å². The summed E-state index contributed by atoms with van der Waals surface area (Å²) >= 11 is 0. The number of aromatic nitrogens is 2. The van der Waals surface area contributed by atoms with Crippen LogP contribution >= 0.6 is 0 Å². The molecule has 0 saturated heterocycles. The zero-order chi connectivity index (χ0) is 8.84. The van der Waals surface area contributed by atoms with Gasteiger partial charge in [0, 0.05) is 30.8 Å². The topological polar surface area (TPSA) is 17.8 Å². The summed E-state index contributed by atoms with van der Waals surface area (Å²) in [5.74, 6) is 0. The summed E-state index contributed by atoms with van der Waals surface area (Å²) < 4.78 is 1.89. The smallest absolute Gasteiger partial charge is 0.0961 e. The van der Waals surface area contributed by atoms with Crippen molar-refractivity contribution in [3.8, 4) is 11.3 Å². The molecule has 0 atom stereocenters. The lowest BCUT2D eigenvalue weighted by atomic mass is 10.1. The highest BCUT2D eigenvalue weighted by Gasteiger charge is 2.20. The fourth-order valence-electron chi connectivity index (χ4n) is 2.00. The second kappa shape index (κ2) is 2.22. The minimum absolute atomic E-state index is 1.04. The van der Waals surface area contributed by atoms with Crippen LogP contribution in [0.1, 0.15) is 11.1 Å². The van der Waals surface area contributed by atoms with Gasteiger partial charge >= 0.3 is 0 Å². The number of rotatable bonds is 0. The van der Waals surface area contributed by atoms with Gasteiger partial charge in [0.25, 0.3) is 0 Å². The first kappa shape index (κ1) is 6.89. The van der Waals surface area contributed by atoms with E-state index in [9.17, 15) is 0 Å². The lowest BCUT2D eigenvalue weighted by molar-refractivity contribution is 0.768. The van der Waals surface area contributed by atoms with E-state index in [-0.39, 0.29) is 0 Å². The molecule has 0 saturated carbocycles. The monoisotopic (exact) mass is 170 g/mol. The molecule has 1 aromatic heterocycles. The van der Waals surface area contributed by atoms with E-state index in [0.29, 0.717) is 0 Å². The van der Waals surface area contributed by atoms with E-state index in [1.807, 2.05) is 11.7 Å². The number of aryl methyl sites for hydroxylation is 1. The van der Waals surface area contributed by atoms with E-state index >= 15 is 0 Å². The lowest BCUT2D eigenvalue weighted by Crippen LogP contribution is -1.89. The molecule has 0 fully saturated rings. The van der Waals surface area contributed by atoms with Gasteiger partial charge in [-0.15, -0.1) is 0 Å². The Bertz CT molecular complexity index is 469. The second-order valence-corrected chi connectivity index (χ2v) is 3.51. The van der Waals surface area contributed by atoms with E-state index < -0.39 is 0 Å². The van der Waals surface area contributed by atoms with Crippen molar-refractivity contribution in [1.29, 1.82) is 0 Å². The summed E-state index contributed by atoms with van der Waals surface area (Å²) in [5, 5.41) is 4.45. The van der Waals surface area contributed by atoms with E-state index in [1.54, 1.807) is 0 Å². The molecule has 2 nitrogen and oxygen atoms in total. The number of benzene rings is 1. The van der Waals surface area contributed by atoms with Gasteiger partial charge in [-0.1, -0.05) is 24.3 Å². The van der Waals surface area contributed by atoms with Crippen molar-refractivity contribution in [1.82, 2.24) is 9.78 Å². The molecule has 0 bridgehead atoms. The maximum atomic E-state index is 4.45. The third-order valence-electron chi connectivity index (χ3n) is 2.56. The van der Waals surface area contributed by atoms with Gasteiger partial charge in [-0.3, -0.25) is 4.68 Å². The Kier molecular flexibility index (Phi) is 1.18. The third kappa shape index (κ3) is 0.856. The van der Waals surface area contributed by atoms with Crippen molar-refractivity contribution in [3.63, 3.8) is 0 Å². The van der Waals surface area contributed by atoms with E-state index in [0.717, 1.165) is 12.1 Å². The summed E-state index contributed by atoms with van der Waals surface area (Å²) in [6.07, 6.45) is 3.15. The molecule has 64 valence electrons. The van der Waals surface area contributed by atoms with Crippen molar-refractivity contribution >= 4 is 0 Å². The van der Waals surface area contributed by atoms with Crippen LogP contribution in [0.5, 0.6) is 0 Å². The van der Waals surface area contributed by atoms with Crippen LogP contribution in [0.4, 0.5) is 0 Å². The number of fused-ring (bicyclic) bond motifs is 3. The van der Waals surface area contributed by atoms with E-state index in [1.165, 1.54) is 16.7 Å². The normalized spacial score (nSPS) is 12.7. The van der Waals surface area contributed by atoms with Crippen molar-refractivity contribution < 1.29 is 0 Å². The molecule has 1 aliphatic carbocycles. The van der Waals surface area contributed by atoms with Crippen molar-refractivity contribution in [2.45, 2.75) is 6.42 Å². The SMILES string of the molecule is Cn1cc2c(n1)-c1ccccc1C2. The van der Waals surface area contributed by atoms with Crippen LogP contribution in [-0.4, -0.2) is 9.78 Å². The van der Waals surface area contributed by atoms with Crippen LogP contribution in [-0.2, 0) is 13.5 Å². The first-order valence-electron chi connectivity index (χ1n) is 4.45. The number of nitrogens with zero attached hydrogens (tertiary/aromatic N) is 2. The second-order valence-electron chi connectivity index (χ2n) is 3.51. The predicted molar refractivity (Wildman–Crippen MR) is 51.5 cm³/mol. The first-order chi connectivity index (χ1) is 6.34. The minimum Gasteiger partial charge on any atom is -0.275 e. The van der Waals surface area contributed by atoms with Gasteiger partial charge in [-0.25, -0.2) is 0 Å². The average molecular weight is 170 g/mol. The number of hydrogen-bond donors (Lipinski definition) is 0. The zero-order valence-electron chi connectivity index (χ0n) is 7.49. The van der Waals surface area contributed by atoms with E-state index in [2.05, 4.69) is 35.6 Å². The molecule has 1 aromatic carbocycles. The minimum atomic E-state index is 1.04. The van der Waals surface area contributed by atoms with Crippen LogP contribution in [0.25, 0.3) is 11.3 Å². The summed E-state index contributed by atoms with van der Waals surface area (Å²) in [5.41, 5.74) is 5.22. The highest BCUT2D eigenvalue weighted by Crippen LogP contribution is 2.34. The standard InChI is InChI=1S/C11H10N2/c1-13-7-9-6-8-4-2-3-5-10(8)11(9)12-13/h2-5,7H,6H2,1H3. The quantitative estimate of drug-likeness (QED) is 0.504. The van der Waals surface area contributed by atoms with Gasteiger partial charge in [0.05, 0.1) is 5.69 Å². The third-order valence-corrected chi connectivity index (χ3v) is 2.56. The van der Waals surface area contributed by atoms with Crippen molar-refractivity contribution in [2.24, 2.45) is 7.05 Å². The van der Waals surface area contributed by atoms with Crippen LogP contribution in [0.3, 0.4) is 0 Å². The molecule has 3 rings (SSSR count). The molecule has 0 unspecified atom stereocenters. The van der Waals surface area contributed by atoms with Crippen LogP contribution in [0.15, 0.2) is 30.5 Å². The predicted octanol–water partition coefficient (Wildman–Crippen LogP) is 1.99. The summed E-state index contributed by atoms with van der Waals surface area (Å²) in [7, 11) is 1.97. The van der Waals surface area contributed by atoms with Gasteiger partial charge in [0.2, 0.25) is 0 Å². The van der Waals surface area contributed by atoms with Crippen molar-refractivity contribution in [2.75, 3.05) is 0 Å². The van der Waals surface area contributed by atoms with Crippen LogP contribution < -0.4 is 0 Å². The van der Waals surface area contributed by atoms with Gasteiger partial charge in [-0.2, -0.15) is 5.10 Å². The van der Waals surface area contributed by atoms with Gasteiger partial charge in [-0.05, 0) is 5.56 Å². The van der Waals surface area contributed by atoms with Crippen molar-refractivity contribution in [3.05, 3.63) is 41.6 Å². The van der Waals surface area contributed by atoms with Gasteiger partial charge < -0.3 is 0 Å². The maximum absolute atomic E-state index is 4.45. The first-order valence-corrected chi connectivity index (χ1v) is 4.45. The highest BCUT2D eigenvalue weighted by atomic mass is 15.3. The molecule has 0 N–H and O–H groups in total. The molecular weight excluding hydrogens is 160 g/mol. The molecule has 0 spiro atoms. The van der Waals surface area contributed by atoms with Gasteiger partial charge in [0.15, 0.2) is 0 Å². The Balaban J connectivity index is 2.30. The molecule has 0 amide bonds. The molecule has 0 aliphatic heterocycles. The van der Waals surface area contributed by atoms with Crippen LogP contribution in [0.2, 0.25) is 0 Å². The van der Waals surface area contributed by atoms with E-state index in [4.69, 9.17) is 0 Å². The molecule has 1 aliphatic rings. The lowest BCUT2D eigenvalue weighted by Gasteiger charge is -1.96. The Morgan fingerprint density at radius 2 is 2.08 bits per heavy atom. The Morgan fingerprint density at radius 3 is 3.00 bits per heavy atom. The maximum Gasteiger partial charge on any atom is 0.0961 e. The fraction of sp³-hybridized carbons (Fsp3) is 0.182. The van der Waals surface area contributed by atoms with Crippen LogP contribution in [0, 0.1) is 0 Å². The molecular formula is C11H10N2. The van der Waals surface area contributed by atoms with Gasteiger partial charge in [0.1, 0.15) is 0 Å². The average Bonchev–Trinajstić information content (AvgIpc) is 2.60. The molecule has 2 heteroatoms. The Hall–Kier alpha value is -1.57. The summed E-state index contributed by atoms with van der Waals surface area (Å²) in [6, 6.07) is 8.48. The summed E-state index contributed by atoms with van der Waals surface area (Å²) in [4.78, 5) is 0. The fourth-order valence-corrected chi connectivity index (χ4v) is 2.00. The zero-order valence-corrected chi connectivity index (χ0v) is 7.49. The molecule has 1 heterocycles. The number of hydrogen-bond acceptors (Lipinski definition) is 1. The molecule has 13 heavy (non-hydrogen) atoms. The molecule has 2 aromatic rings.